The predicted octanol–water partition coefficient (Wildman–Crippen LogP) is 4.96. The van der Waals surface area contributed by atoms with Crippen molar-refractivity contribution < 1.29 is 32.2 Å². The van der Waals surface area contributed by atoms with E-state index < -0.39 is 21.2 Å². The van der Waals surface area contributed by atoms with Crippen LogP contribution >= 0.6 is 11.6 Å². The minimum absolute atomic E-state index is 0.0442. The lowest BCUT2D eigenvalue weighted by Crippen LogP contribution is -2.51. The van der Waals surface area contributed by atoms with Crippen molar-refractivity contribution in [3.63, 3.8) is 0 Å². The molecule has 1 N–H and O–H groups in total. The summed E-state index contributed by atoms with van der Waals surface area (Å²) >= 11 is 6.67. The van der Waals surface area contributed by atoms with Crippen LogP contribution in [0.15, 0.2) is 88.9 Å². The number of para-hydroxylation sites is 1. The average molecular weight is 691 g/mol. The number of rotatable bonds is 10. The van der Waals surface area contributed by atoms with Crippen LogP contribution < -0.4 is 24.4 Å². The third kappa shape index (κ3) is 5.79. The third-order valence-electron chi connectivity index (χ3n) is 8.81. The molecule has 48 heavy (non-hydrogen) atoms. The van der Waals surface area contributed by atoms with Crippen molar-refractivity contribution >= 4 is 44.6 Å². The summed E-state index contributed by atoms with van der Waals surface area (Å²) in [6.45, 7) is 4.15. The van der Waals surface area contributed by atoms with E-state index in [0.29, 0.717) is 49.8 Å². The van der Waals surface area contributed by atoms with Crippen molar-refractivity contribution in [2.75, 3.05) is 57.2 Å². The second-order valence-electron chi connectivity index (χ2n) is 11.4. The van der Waals surface area contributed by atoms with E-state index in [4.69, 9.17) is 25.8 Å². The maximum atomic E-state index is 14.5. The molecule has 3 heterocycles. The molecule has 4 aromatic rings. The number of benzene rings is 3. The highest BCUT2D eigenvalue weighted by Crippen LogP contribution is 2.52. The van der Waals surface area contributed by atoms with Crippen molar-refractivity contribution in [1.29, 1.82) is 0 Å². The molecule has 1 saturated heterocycles. The summed E-state index contributed by atoms with van der Waals surface area (Å²) in [5, 5.41) is 2.92. The zero-order chi connectivity index (χ0) is 34.1. The fourth-order valence-electron chi connectivity index (χ4n) is 6.45. The molecular weight excluding hydrogens is 656 g/mol. The van der Waals surface area contributed by atoms with Gasteiger partial charge in [-0.25, -0.2) is 8.42 Å². The molecule has 0 aliphatic carbocycles. The summed E-state index contributed by atoms with van der Waals surface area (Å²) in [6.07, 6.45) is 3.21. The minimum atomic E-state index is -4.33. The van der Waals surface area contributed by atoms with Crippen LogP contribution in [0.4, 0.5) is 11.4 Å². The van der Waals surface area contributed by atoms with E-state index in [-0.39, 0.29) is 44.1 Å². The Morgan fingerprint density at radius 1 is 0.938 bits per heavy atom. The highest BCUT2D eigenvalue weighted by atomic mass is 35.5. The van der Waals surface area contributed by atoms with Crippen molar-refractivity contribution in [2.45, 2.75) is 28.6 Å². The molecule has 2 aliphatic rings. The van der Waals surface area contributed by atoms with E-state index >= 15 is 0 Å². The maximum absolute atomic E-state index is 14.5. The van der Waals surface area contributed by atoms with E-state index in [1.807, 2.05) is 19.1 Å². The van der Waals surface area contributed by atoms with Crippen molar-refractivity contribution in [3.05, 3.63) is 95.3 Å². The predicted molar refractivity (Wildman–Crippen MR) is 181 cm³/mol. The van der Waals surface area contributed by atoms with Crippen molar-refractivity contribution in [2.24, 2.45) is 0 Å². The first-order chi connectivity index (χ1) is 23.1. The normalized spacial score (nSPS) is 17.5. The van der Waals surface area contributed by atoms with Crippen molar-refractivity contribution in [1.82, 2.24) is 9.88 Å². The molecule has 250 valence electrons. The number of carbonyl (C=O) groups excluding carboxylic acids is 2. The van der Waals surface area contributed by atoms with Crippen LogP contribution in [-0.2, 0) is 24.8 Å². The fraction of sp³-hybridized carbons (Fsp3) is 0.286. The number of ether oxygens (including phenoxy) is 3. The van der Waals surface area contributed by atoms with Gasteiger partial charge in [-0.1, -0.05) is 29.8 Å². The number of hydrogen-bond acceptors (Lipinski definition) is 9. The Hall–Kier alpha value is -4.81. The lowest BCUT2D eigenvalue weighted by atomic mass is 9.72. The van der Waals surface area contributed by atoms with E-state index in [0.717, 1.165) is 5.69 Å². The summed E-state index contributed by atoms with van der Waals surface area (Å²) < 4.78 is 45.3. The minimum Gasteiger partial charge on any atom is -0.497 e. The SMILES string of the molecule is CCOc1ccccc1C1(CC(=O)N2CCN(c3cccnc3)CC2)C(=O)Nc2c1cc(Cl)cc2S(=O)(=O)c1ccc(OC)cc1OC. The molecule has 1 unspecified atom stereocenters. The Labute approximate surface area is 284 Å². The molecule has 0 radical (unpaired) electrons. The van der Waals surface area contributed by atoms with Crippen LogP contribution in [0.2, 0.25) is 5.02 Å². The summed E-state index contributed by atoms with van der Waals surface area (Å²) in [6, 6.07) is 18.0. The molecule has 11 nitrogen and oxygen atoms in total. The van der Waals surface area contributed by atoms with Gasteiger partial charge in [-0.15, -0.1) is 0 Å². The topological polar surface area (TPSA) is 127 Å². The monoisotopic (exact) mass is 690 g/mol. The number of fused-ring (bicyclic) bond motifs is 1. The van der Waals surface area contributed by atoms with Gasteiger partial charge in [0.15, 0.2) is 0 Å². The summed E-state index contributed by atoms with van der Waals surface area (Å²) in [7, 11) is -1.51. The van der Waals surface area contributed by atoms with E-state index in [1.54, 1.807) is 47.6 Å². The largest absolute Gasteiger partial charge is 0.497 e. The molecule has 1 atom stereocenters. The molecule has 0 spiro atoms. The second-order valence-corrected chi connectivity index (χ2v) is 13.7. The van der Waals surface area contributed by atoms with Gasteiger partial charge in [0, 0.05) is 55.4 Å². The Balaban J connectivity index is 1.46. The number of nitrogens with zero attached hydrogens (tertiary/aromatic N) is 3. The summed E-state index contributed by atoms with van der Waals surface area (Å²) in [5.74, 6) is 0.0323. The lowest BCUT2D eigenvalue weighted by molar-refractivity contribution is -0.135. The zero-order valence-corrected chi connectivity index (χ0v) is 28.3. The number of hydrogen-bond donors (Lipinski definition) is 1. The second kappa shape index (κ2) is 13.4. The number of aromatic nitrogens is 1. The Morgan fingerprint density at radius 2 is 1.71 bits per heavy atom. The standard InChI is InChI=1S/C35H35ClN4O7S/c1-4-47-28-10-6-5-9-26(28)35(21-32(41)40-16-14-39(15-17-40)24-8-7-13-37-22-24)27-18-23(36)19-31(33(27)38-34(35)42)48(43,44)30-12-11-25(45-2)20-29(30)46-3/h5-13,18-20,22H,4,14-17,21H2,1-3H3,(H,38,42). The quantitative estimate of drug-likeness (QED) is 0.246. The van der Waals surface area contributed by atoms with Gasteiger partial charge >= 0.3 is 0 Å². The fourth-order valence-corrected chi connectivity index (χ4v) is 8.34. The van der Waals surface area contributed by atoms with Gasteiger partial charge < -0.3 is 29.3 Å². The number of methoxy groups -OCH3 is 2. The van der Waals surface area contributed by atoms with Crippen LogP contribution in [0.5, 0.6) is 17.2 Å². The third-order valence-corrected chi connectivity index (χ3v) is 10.8. The number of carbonyl (C=O) groups is 2. The smallest absolute Gasteiger partial charge is 0.240 e. The number of pyridine rings is 1. The number of nitrogens with one attached hydrogen (secondary N) is 1. The Kier molecular flexibility index (Phi) is 9.22. The molecule has 3 aromatic carbocycles. The van der Waals surface area contributed by atoms with Gasteiger partial charge in [0.25, 0.3) is 0 Å². The summed E-state index contributed by atoms with van der Waals surface area (Å²) in [5.41, 5.74) is 0.0479. The molecule has 1 fully saturated rings. The van der Waals surface area contributed by atoms with Gasteiger partial charge in [-0.3, -0.25) is 14.6 Å². The van der Waals surface area contributed by atoms with Gasteiger partial charge in [0.1, 0.15) is 27.6 Å². The molecule has 0 saturated carbocycles. The first-order valence-electron chi connectivity index (χ1n) is 15.4. The number of amides is 2. The van der Waals surface area contributed by atoms with E-state index in [1.165, 1.54) is 38.5 Å². The summed E-state index contributed by atoms with van der Waals surface area (Å²) in [4.78, 5) is 36.4. The maximum Gasteiger partial charge on any atom is 0.240 e. The van der Waals surface area contributed by atoms with E-state index in [9.17, 15) is 18.0 Å². The van der Waals surface area contributed by atoms with E-state index in [2.05, 4.69) is 15.2 Å². The van der Waals surface area contributed by atoms with Crippen LogP contribution in [0.25, 0.3) is 0 Å². The molecule has 1 aromatic heterocycles. The molecular formula is C35H35ClN4O7S. The number of anilines is 2. The zero-order valence-electron chi connectivity index (χ0n) is 26.7. The van der Waals surface area contributed by atoms with Crippen molar-refractivity contribution in [3.8, 4) is 17.2 Å². The molecule has 2 amide bonds. The molecule has 2 aliphatic heterocycles. The number of halogens is 1. The highest BCUT2D eigenvalue weighted by Gasteiger charge is 2.53. The molecule has 13 heteroatoms. The molecule has 6 rings (SSSR count). The number of sulfone groups is 1. The first-order valence-corrected chi connectivity index (χ1v) is 17.3. The van der Waals surface area contributed by atoms with Crippen LogP contribution in [0, 0.1) is 0 Å². The average Bonchev–Trinajstić information content (AvgIpc) is 3.38. The van der Waals surface area contributed by atoms with Gasteiger partial charge in [0.05, 0.1) is 43.3 Å². The van der Waals surface area contributed by atoms with Gasteiger partial charge in [0.2, 0.25) is 21.7 Å². The Bertz CT molecular complexity index is 1970. The Morgan fingerprint density at radius 3 is 2.40 bits per heavy atom. The lowest BCUT2D eigenvalue weighted by Gasteiger charge is -2.38. The van der Waals surface area contributed by atoms with Crippen LogP contribution in [0.3, 0.4) is 0 Å². The van der Waals surface area contributed by atoms with Gasteiger partial charge in [-0.2, -0.15) is 0 Å². The van der Waals surface area contributed by atoms with Crippen LogP contribution in [0.1, 0.15) is 24.5 Å². The first kappa shape index (κ1) is 33.1. The van der Waals surface area contributed by atoms with Gasteiger partial charge in [-0.05, 0) is 55.0 Å². The van der Waals surface area contributed by atoms with Crippen LogP contribution in [-0.4, -0.2) is 77.1 Å². The highest BCUT2D eigenvalue weighted by molar-refractivity contribution is 7.91. The molecule has 0 bridgehead atoms. The number of piperazine rings is 1.